The van der Waals surface area contributed by atoms with Crippen LogP contribution in [0.5, 0.6) is 5.75 Å². The Morgan fingerprint density at radius 1 is 1.33 bits per heavy atom. The van der Waals surface area contributed by atoms with Crippen LogP contribution in [0.3, 0.4) is 0 Å². The van der Waals surface area contributed by atoms with Crippen molar-refractivity contribution in [1.29, 1.82) is 0 Å². The van der Waals surface area contributed by atoms with E-state index in [0.29, 0.717) is 25.5 Å². The summed E-state index contributed by atoms with van der Waals surface area (Å²) in [6, 6.07) is 11.3. The molecule has 1 aromatic carbocycles. The molecular formula is C17H21NO3. The summed E-state index contributed by atoms with van der Waals surface area (Å²) in [5.74, 6) is 1.37. The quantitative estimate of drug-likeness (QED) is 0.733. The van der Waals surface area contributed by atoms with Crippen molar-refractivity contribution in [2.75, 3.05) is 13.2 Å². The topological polar surface area (TPSA) is 54.6 Å². The lowest BCUT2D eigenvalue weighted by molar-refractivity contribution is 0.0340. The molecule has 4 heteroatoms. The first-order valence-electron chi connectivity index (χ1n) is 6.92. The Labute approximate surface area is 125 Å². The van der Waals surface area contributed by atoms with Crippen molar-refractivity contribution in [3.05, 3.63) is 66.6 Å². The van der Waals surface area contributed by atoms with Gasteiger partial charge in [0.1, 0.15) is 23.7 Å². The Bertz CT molecular complexity index is 561. The third kappa shape index (κ3) is 4.21. The lowest BCUT2D eigenvalue weighted by atomic mass is 10.0. The van der Waals surface area contributed by atoms with E-state index in [1.807, 2.05) is 24.3 Å². The second-order valence-corrected chi connectivity index (χ2v) is 5.06. The van der Waals surface area contributed by atoms with Crippen LogP contribution in [-0.4, -0.2) is 18.3 Å². The molecular weight excluding hydrogens is 266 g/mol. The average Bonchev–Trinajstić information content (AvgIpc) is 3.01. The van der Waals surface area contributed by atoms with Crippen LogP contribution in [0.25, 0.3) is 0 Å². The highest BCUT2D eigenvalue weighted by molar-refractivity contribution is 5.33. The maximum Gasteiger partial charge on any atom is 0.136 e. The number of nitrogens with one attached hydrogen (secondary N) is 1. The molecule has 0 radical (unpaired) electrons. The van der Waals surface area contributed by atoms with Crippen molar-refractivity contribution in [3.63, 3.8) is 0 Å². The number of ether oxygens (including phenoxy) is 1. The van der Waals surface area contributed by atoms with Crippen molar-refractivity contribution >= 4 is 0 Å². The van der Waals surface area contributed by atoms with Crippen molar-refractivity contribution in [3.8, 4) is 5.75 Å². The molecule has 1 atom stereocenters. The Balaban J connectivity index is 1.93. The molecule has 0 saturated carbocycles. The number of para-hydroxylation sites is 1. The van der Waals surface area contributed by atoms with Gasteiger partial charge in [-0.05, 0) is 25.1 Å². The van der Waals surface area contributed by atoms with Gasteiger partial charge in [0.2, 0.25) is 0 Å². The minimum absolute atomic E-state index is 0.385. The molecule has 0 fully saturated rings. The fourth-order valence-corrected chi connectivity index (χ4v) is 2.05. The van der Waals surface area contributed by atoms with Crippen LogP contribution in [0.2, 0.25) is 0 Å². The summed E-state index contributed by atoms with van der Waals surface area (Å²) >= 11 is 0. The highest BCUT2D eigenvalue weighted by Gasteiger charge is 2.25. The van der Waals surface area contributed by atoms with Gasteiger partial charge in [0.05, 0.1) is 6.26 Å². The zero-order chi connectivity index (χ0) is 15.1. The summed E-state index contributed by atoms with van der Waals surface area (Å²) in [4.78, 5) is 0. The molecule has 0 spiro atoms. The van der Waals surface area contributed by atoms with Gasteiger partial charge in [-0.3, -0.25) is 0 Å². The number of aliphatic hydroxyl groups is 1. The zero-order valence-electron chi connectivity index (χ0n) is 12.2. The second kappa shape index (κ2) is 7.11. The van der Waals surface area contributed by atoms with Crippen LogP contribution < -0.4 is 10.1 Å². The molecule has 2 aromatic rings. The first-order valence-corrected chi connectivity index (χ1v) is 6.92. The summed E-state index contributed by atoms with van der Waals surface area (Å²) in [5, 5.41) is 13.6. The van der Waals surface area contributed by atoms with Crippen molar-refractivity contribution in [2.24, 2.45) is 0 Å². The largest absolute Gasteiger partial charge is 0.489 e. The Morgan fingerprint density at radius 2 is 2.14 bits per heavy atom. The normalized spacial score (nSPS) is 13.6. The fourth-order valence-electron chi connectivity index (χ4n) is 2.05. The Kier molecular flexibility index (Phi) is 5.20. The molecule has 2 rings (SSSR count). The van der Waals surface area contributed by atoms with Crippen molar-refractivity contribution in [2.45, 2.75) is 19.1 Å². The van der Waals surface area contributed by atoms with E-state index in [4.69, 9.17) is 9.15 Å². The van der Waals surface area contributed by atoms with Crippen LogP contribution in [0.4, 0.5) is 0 Å². The van der Waals surface area contributed by atoms with Gasteiger partial charge in [-0.25, -0.2) is 0 Å². The summed E-state index contributed by atoms with van der Waals surface area (Å²) < 4.78 is 10.9. The number of furan rings is 1. The van der Waals surface area contributed by atoms with Crippen LogP contribution >= 0.6 is 0 Å². The molecule has 1 aromatic heterocycles. The molecule has 0 bridgehead atoms. The van der Waals surface area contributed by atoms with E-state index in [0.717, 1.165) is 11.3 Å². The summed E-state index contributed by atoms with van der Waals surface area (Å²) in [6.07, 6.45) is 3.27. The number of hydrogen-bond acceptors (Lipinski definition) is 4. The van der Waals surface area contributed by atoms with Crippen LogP contribution in [0.15, 0.2) is 59.7 Å². The van der Waals surface area contributed by atoms with Gasteiger partial charge in [0, 0.05) is 18.7 Å². The molecule has 0 aliphatic heterocycles. The lowest BCUT2D eigenvalue weighted by Crippen LogP contribution is -2.34. The summed E-state index contributed by atoms with van der Waals surface area (Å²) in [7, 11) is 0. The van der Waals surface area contributed by atoms with Gasteiger partial charge in [0.15, 0.2) is 0 Å². The predicted molar refractivity (Wildman–Crippen MR) is 82.1 cm³/mol. The first-order chi connectivity index (χ1) is 10.1. The van der Waals surface area contributed by atoms with E-state index in [1.54, 1.807) is 31.4 Å². The maximum absolute atomic E-state index is 10.4. The zero-order valence-corrected chi connectivity index (χ0v) is 12.2. The summed E-state index contributed by atoms with van der Waals surface area (Å²) in [6.45, 7) is 6.83. The maximum atomic E-state index is 10.4. The van der Waals surface area contributed by atoms with Crippen LogP contribution in [-0.2, 0) is 12.1 Å². The molecule has 0 aliphatic rings. The fraction of sp³-hybridized carbons (Fsp3) is 0.294. The SMILES string of the molecule is C=CCOc1ccccc1CNCC(C)(O)c1ccco1. The minimum atomic E-state index is -1.04. The monoisotopic (exact) mass is 287 g/mol. The highest BCUT2D eigenvalue weighted by Crippen LogP contribution is 2.21. The first kappa shape index (κ1) is 15.4. The van der Waals surface area contributed by atoms with Crippen LogP contribution in [0.1, 0.15) is 18.2 Å². The van der Waals surface area contributed by atoms with E-state index in [-0.39, 0.29) is 0 Å². The van der Waals surface area contributed by atoms with Crippen molar-refractivity contribution in [1.82, 2.24) is 5.32 Å². The Hall–Kier alpha value is -2.04. The van der Waals surface area contributed by atoms with Gasteiger partial charge in [-0.15, -0.1) is 0 Å². The van der Waals surface area contributed by atoms with Gasteiger partial charge in [0.25, 0.3) is 0 Å². The Morgan fingerprint density at radius 3 is 2.86 bits per heavy atom. The van der Waals surface area contributed by atoms with Crippen molar-refractivity contribution < 1.29 is 14.3 Å². The van der Waals surface area contributed by atoms with Gasteiger partial charge in [-0.2, -0.15) is 0 Å². The number of hydrogen-bond donors (Lipinski definition) is 2. The highest BCUT2D eigenvalue weighted by atomic mass is 16.5. The second-order valence-electron chi connectivity index (χ2n) is 5.06. The predicted octanol–water partition coefficient (Wildman–Crippen LogP) is 2.84. The van der Waals surface area contributed by atoms with Gasteiger partial charge >= 0.3 is 0 Å². The number of rotatable bonds is 8. The minimum Gasteiger partial charge on any atom is -0.489 e. The molecule has 1 heterocycles. The summed E-state index contributed by atoms with van der Waals surface area (Å²) in [5.41, 5.74) is -0.00459. The van der Waals surface area contributed by atoms with E-state index in [2.05, 4.69) is 11.9 Å². The van der Waals surface area contributed by atoms with Gasteiger partial charge < -0.3 is 19.6 Å². The van der Waals surface area contributed by atoms with E-state index < -0.39 is 5.60 Å². The molecule has 0 amide bonds. The third-order valence-electron chi connectivity index (χ3n) is 3.17. The van der Waals surface area contributed by atoms with E-state index >= 15 is 0 Å². The molecule has 0 aliphatic carbocycles. The van der Waals surface area contributed by atoms with Crippen LogP contribution in [0, 0.1) is 0 Å². The molecule has 21 heavy (non-hydrogen) atoms. The molecule has 112 valence electrons. The lowest BCUT2D eigenvalue weighted by Gasteiger charge is -2.21. The number of benzene rings is 1. The van der Waals surface area contributed by atoms with E-state index in [9.17, 15) is 5.11 Å². The molecule has 1 unspecified atom stereocenters. The third-order valence-corrected chi connectivity index (χ3v) is 3.17. The average molecular weight is 287 g/mol. The standard InChI is InChI=1S/C17H21NO3/c1-3-10-20-15-8-5-4-7-14(15)12-18-13-17(2,19)16-9-6-11-21-16/h3-9,11,18-19H,1,10,12-13H2,2H3. The smallest absolute Gasteiger partial charge is 0.136 e. The molecule has 2 N–H and O–H groups in total. The molecule has 0 saturated heterocycles. The van der Waals surface area contributed by atoms with Gasteiger partial charge in [-0.1, -0.05) is 30.9 Å². The molecule has 4 nitrogen and oxygen atoms in total. The van der Waals surface area contributed by atoms with E-state index in [1.165, 1.54) is 0 Å².